The van der Waals surface area contributed by atoms with Crippen LogP contribution in [0.5, 0.6) is 0 Å². The van der Waals surface area contributed by atoms with Crippen molar-refractivity contribution in [3.8, 4) is 0 Å². The summed E-state index contributed by atoms with van der Waals surface area (Å²) in [6.07, 6.45) is 7.32. The van der Waals surface area contributed by atoms with Crippen molar-refractivity contribution >= 4 is 16.4 Å². The SMILES string of the molecule is CCCCCN(CCCCC)c1ccc([SH](=O)=O)cc1. The van der Waals surface area contributed by atoms with Crippen LogP contribution in [0.2, 0.25) is 0 Å². The van der Waals surface area contributed by atoms with Gasteiger partial charge in [-0.05, 0) is 37.1 Å². The summed E-state index contributed by atoms with van der Waals surface area (Å²) in [6.45, 7) is 6.53. The molecule has 0 aliphatic rings. The minimum Gasteiger partial charge on any atom is -0.372 e. The zero-order valence-corrected chi connectivity index (χ0v) is 13.6. The van der Waals surface area contributed by atoms with Crippen LogP contribution in [-0.2, 0) is 10.7 Å². The average molecular weight is 297 g/mol. The van der Waals surface area contributed by atoms with E-state index >= 15 is 0 Å². The summed E-state index contributed by atoms with van der Waals surface area (Å²) in [5.74, 6) is 0. The van der Waals surface area contributed by atoms with Gasteiger partial charge in [0.15, 0.2) is 10.7 Å². The largest absolute Gasteiger partial charge is 0.372 e. The Bertz CT molecular complexity index is 422. The van der Waals surface area contributed by atoms with E-state index in [0.717, 1.165) is 18.8 Å². The lowest BCUT2D eigenvalue weighted by molar-refractivity contribution is 0.614. The molecule has 0 saturated heterocycles. The molecule has 20 heavy (non-hydrogen) atoms. The summed E-state index contributed by atoms with van der Waals surface area (Å²) in [4.78, 5) is 2.78. The Balaban J connectivity index is 2.68. The van der Waals surface area contributed by atoms with E-state index in [1.54, 1.807) is 12.1 Å². The van der Waals surface area contributed by atoms with E-state index in [0.29, 0.717) is 4.90 Å². The molecule has 1 aromatic rings. The van der Waals surface area contributed by atoms with Gasteiger partial charge in [-0.15, -0.1) is 0 Å². The molecule has 0 fully saturated rings. The number of unbranched alkanes of at least 4 members (excludes halogenated alkanes) is 4. The number of hydrogen-bond donors (Lipinski definition) is 1. The van der Waals surface area contributed by atoms with Crippen molar-refractivity contribution in [2.75, 3.05) is 18.0 Å². The van der Waals surface area contributed by atoms with Crippen LogP contribution >= 0.6 is 0 Å². The maximum Gasteiger partial charge on any atom is 0.168 e. The maximum atomic E-state index is 10.9. The van der Waals surface area contributed by atoms with Gasteiger partial charge in [0.25, 0.3) is 0 Å². The molecule has 0 spiro atoms. The molecule has 114 valence electrons. The monoisotopic (exact) mass is 297 g/mol. The van der Waals surface area contributed by atoms with Gasteiger partial charge in [-0.25, -0.2) is 8.42 Å². The first-order chi connectivity index (χ1) is 9.69. The summed E-state index contributed by atoms with van der Waals surface area (Å²) in [5, 5.41) is 0. The molecule has 1 aromatic carbocycles. The van der Waals surface area contributed by atoms with E-state index in [2.05, 4.69) is 18.7 Å². The van der Waals surface area contributed by atoms with E-state index < -0.39 is 10.7 Å². The summed E-state index contributed by atoms with van der Waals surface area (Å²) in [7, 11) is -2.47. The highest BCUT2D eigenvalue weighted by Gasteiger charge is 2.06. The molecule has 0 radical (unpaired) electrons. The van der Waals surface area contributed by atoms with E-state index in [9.17, 15) is 8.42 Å². The van der Waals surface area contributed by atoms with Gasteiger partial charge in [0.1, 0.15) is 0 Å². The van der Waals surface area contributed by atoms with E-state index in [4.69, 9.17) is 0 Å². The lowest BCUT2D eigenvalue weighted by Gasteiger charge is -2.25. The van der Waals surface area contributed by atoms with Crippen LogP contribution < -0.4 is 4.90 Å². The second kappa shape index (κ2) is 9.81. The molecule has 0 heterocycles. The van der Waals surface area contributed by atoms with Gasteiger partial charge in [0.05, 0.1) is 4.90 Å². The number of anilines is 1. The molecule has 1 rings (SSSR count). The van der Waals surface area contributed by atoms with Crippen molar-refractivity contribution in [2.24, 2.45) is 0 Å². The first-order valence-corrected chi connectivity index (χ1v) is 8.86. The summed E-state index contributed by atoms with van der Waals surface area (Å²) < 4.78 is 21.9. The number of benzene rings is 1. The quantitative estimate of drug-likeness (QED) is 0.526. The van der Waals surface area contributed by atoms with Crippen LogP contribution in [0.1, 0.15) is 52.4 Å². The van der Waals surface area contributed by atoms with Gasteiger partial charge in [-0.2, -0.15) is 0 Å². The molecule has 0 aliphatic carbocycles. The first kappa shape index (κ1) is 17.0. The lowest BCUT2D eigenvalue weighted by Crippen LogP contribution is -2.25. The number of rotatable bonds is 10. The maximum absolute atomic E-state index is 10.9. The van der Waals surface area contributed by atoms with Crippen LogP contribution in [0, 0.1) is 0 Å². The van der Waals surface area contributed by atoms with Gasteiger partial charge in [-0.1, -0.05) is 39.5 Å². The van der Waals surface area contributed by atoms with Crippen molar-refractivity contribution in [3.05, 3.63) is 24.3 Å². The molecule has 0 aliphatic heterocycles. The molecule has 0 unspecified atom stereocenters. The number of nitrogens with zero attached hydrogens (tertiary/aromatic N) is 1. The van der Waals surface area contributed by atoms with Crippen LogP contribution in [0.4, 0.5) is 5.69 Å². The third-order valence-corrected chi connectivity index (χ3v) is 4.21. The Labute approximate surface area is 124 Å². The predicted molar refractivity (Wildman–Crippen MR) is 86.3 cm³/mol. The third-order valence-electron chi connectivity index (χ3n) is 3.49. The van der Waals surface area contributed by atoms with E-state index in [1.165, 1.54) is 38.5 Å². The molecular formula is C16H27NO2S. The minimum absolute atomic E-state index is 0.394. The number of thiol groups is 1. The van der Waals surface area contributed by atoms with Gasteiger partial charge < -0.3 is 4.90 Å². The normalized spacial score (nSPS) is 10.9. The fraction of sp³-hybridized carbons (Fsp3) is 0.625. The molecule has 0 saturated carbocycles. The smallest absolute Gasteiger partial charge is 0.168 e. The summed E-state index contributed by atoms with van der Waals surface area (Å²) in [6, 6.07) is 7.26. The standard InChI is InChI=1S/C16H27NO2S/c1-3-5-7-13-17(14-8-6-4-2)15-9-11-16(12-10-15)20(18)19/h9-12,20H,3-8,13-14H2,1-2H3. The molecule has 0 N–H and O–H groups in total. The third kappa shape index (κ3) is 5.95. The lowest BCUT2D eigenvalue weighted by atomic mass is 10.2. The Kier molecular flexibility index (Phi) is 8.35. The highest BCUT2D eigenvalue weighted by molar-refractivity contribution is 7.72. The second-order valence-electron chi connectivity index (χ2n) is 5.17. The number of hydrogen-bond acceptors (Lipinski definition) is 3. The molecule has 4 heteroatoms. The van der Waals surface area contributed by atoms with Crippen molar-refractivity contribution in [3.63, 3.8) is 0 Å². The Hall–Kier alpha value is -1.03. The highest BCUT2D eigenvalue weighted by atomic mass is 32.2. The van der Waals surface area contributed by atoms with Gasteiger partial charge in [0, 0.05) is 18.8 Å². The summed E-state index contributed by atoms with van der Waals surface area (Å²) >= 11 is 0. The Morgan fingerprint density at radius 2 is 1.35 bits per heavy atom. The van der Waals surface area contributed by atoms with Gasteiger partial charge in [-0.3, -0.25) is 0 Å². The highest BCUT2D eigenvalue weighted by Crippen LogP contribution is 2.18. The molecule has 0 atom stereocenters. The van der Waals surface area contributed by atoms with E-state index in [1.807, 2.05) is 12.1 Å². The van der Waals surface area contributed by atoms with Crippen molar-refractivity contribution in [1.29, 1.82) is 0 Å². The first-order valence-electron chi connectivity index (χ1n) is 7.68. The topological polar surface area (TPSA) is 37.4 Å². The Morgan fingerprint density at radius 3 is 1.75 bits per heavy atom. The molecule has 0 amide bonds. The van der Waals surface area contributed by atoms with E-state index in [-0.39, 0.29) is 0 Å². The van der Waals surface area contributed by atoms with Gasteiger partial charge >= 0.3 is 0 Å². The average Bonchev–Trinajstić information content (AvgIpc) is 2.46. The fourth-order valence-corrected chi connectivity index (χ4v) is 2.65. The molecular weight excluding hydrogens is 270 g/mol. The zero-order chi connectivity index (χ0) is 14.8. The van der Waals surface area contributed by atoms with Crippen LogP contribution in [0.15, 0.2) is 29.2 Å². The van der Waals surface area contributed by atoms with Crippen LogP contribution in [-0.4, -0.2) is 21.5 Å². The predicted octanol–water partition coefficient (Wildman–Crippen LogP) is 3.84. The van der Waals surface area contributed by atoms with Crippen molar-refractivity contribution in [2.45, 2.75) is 57.3 Å². The van der Waals surface area contributed by atoms with Crippen molar-refractivity contribution in [1.82, 2.24) is 0 Å². The molecule has 3 nitrogen and oxygen atoms in total. The Morgan fingerprint density at radius 1 is 0.850 bits per heavy atom. The zero-order valence-electron chi connectivity index (χ0n) is 12.7. The summed E-state index contributed by atoms with van der Waals surface area (Å²) in [5.41, 5.74) is 1.14. The van der Waals surface area contributed by atoms with Gasteiger partial charge in [0.2, 0.25) is 0 Å². The fourth-order valence-electron chi connectivity index (χ4n) is 2.26. The molecule has 0 bridgehead atoms. The molecule has 0 aromatic heterocycles. The van der Waals surface area contributed by atoms with Crippen LogP contribution in [0.25, 0.3) is 0 Å². The second-order valence-corrected chi connectivity index (χ2v) is 6.21. The van der Waals surface area contributed by atoms with Crippen LogP contribution in [0.3, 0.4) is 0 Å². The minimum atomic E-state index is -2.47. The van der Waals surface area contributed by atoms with Crippen molar-refractivity contribution < 1.29 is 8.42 Å².